The maximum absolute atomic E-state index is 11.9. The molecular formula is C14H18BrNO. The lowest BCUT2D eigenvalue weighted by molar-refractivity contribution is -0.130. The molecule has 0 saturated heterocycles. The molecule has 0 heterocycles. The van der Waals surface area contributed by atoms with Crippen LogP contribution in [0.3, 0.4) is 0 Å². The highest BCUT2D eigenvalue weighted by Gasteiger charge is 2.29. The Hall–Kier alpha value is -0.830. The van der Waals surface area contributed by atoms with Crippen LogP contribution in [0.2, 0.25) is 0 Å². The fourth-order valence-corrected chi connectivity index (χ4v) is 2.40. The molecule has 0 unspecified atom stereocenters. The Bertz CT molecular complexity index is 426. The number of halogens is 1. The van der Waals surface area contributed by atoms with E-state index in [1.165, 1.54) is 24.0 Å². The quantitative estimate of drug-likeness (QED) is 0.834. The number of rotatable bonds is 4. The van der Waals surface area contributed by atoms with Crippen LogP contribution in [0.4, 0.5) is 0 Å². The van der Waals surface area contributed by atoms with E-state index in [-0.39, 0.29) is 5.91 Å². The smallest absolute Gasteiger partial charge is 0.222 e. The summed E-state index contributed by atoms with van der Waals surface area (Å²) in [5, 5.41) is 0. The van der Waals surface area contributed by atoms with E-state index in [9.17, 15) is 4.79 Å². The van der Waals surface area contributed by atoms with Crippen molar-refractivity contribution in [2.45, 2.75) is 38.6 Å². The summed E-state index contributed by atoms with van der Waals surface area (Å²) in [7, 11) is 1.92. The zero-order chi connectivity index (χ0) is 12.4. The van der Waals surface area contributed by atoms with Crippen molar-refractivity contribution in [1.82, 2.24) is 4.90 Å². The second-order valence-corrected chi connectivity index (χ2v) is 5.72. The van der Waals surface area contributed by atoms with Crippen molar-refractivity contribution < 1.29 is 4.79 Å². The molecule has 0 aliphatic heterocycles. The van der Waals surface area contributed by atoms with Crippen LogP contribution in [-0.4, -0.2) is 23.9 Å². The maximum Gasteiger partial charge on any atom is 0.222 e. The maximum atomic E-state index is 11.9. The van der Waals surface area contributed by atoms with Gasteiger partial charge in [-0.2, -0.15) is 0 Å². The second kappa shape index (κ2) is 5.21. The van der Waals surface area contributed by atoms with E-state index in [4.69, 9.17) is 0 Å². The third-order valence-electron chi connectivity index (χ3n) is 3.41. The molecular weight excluding hydrogens is 278 g/mol. The van der Waals surface area contributed by atoms with Crippen LogP contribution in [0.1, 0.15) is 30.4 Å². The monoisotopic (exact) mass is 295 g/mol. The van der Waals surface area contributed by atoms with Gasteiger partial charge in [0.25, 0.3) is 0 Å². The lowest BCUT2D eigenvalue weighted by atomic mass is 10.0. The summed E-state index contributed by atoms with van der Waals surface area (Å²) >= 11 is 3.47. The minimum Gasteiger partial charge on any atom is -0.343 e. The molecule has 1 amide bonds. The van der Waals surface area contributed by atoms with E-state index in [1.807, 2.05) is 18.0 Å². The second-order valence-electron chi connectivity index (χ2n) is 4.81. The summed E-state index contributed by atoms with van der Waals surface area (Å²) in [4.78, 5) is 13.8. The number of hydrogen-bond acceptors (Lipinski definition) is 1. The zero-order valence-electron chi connectivity index (χ0n) is 10.4. The number of carbonyl (C=O) groups excluding carboxylic acids is 1. The predicted octanol–water partition coefficient (Wildman–Crippen LogP) is 3.31. The molecule has 1 aromatic carbocycles. The Labute approximate surface area is 111 Å². The van der Waals surface area contributed by atoms with Gasteiger partial charge in [-0.1, -0.05) is 22.0 Å². The summed E-state index contributed by atoms with van der Waals surface area (Å²) in [6.45, 7) is 2.09. The van der Waals surface area contributed by atoms with Gasteiger partial charge in [-0.05, 0) is 49.4 Å². The van der Waals surface area contributed by atoms with E-state index < -0.39 is 0 Å². The van der Waals surface area contributed by atoms with Crippen molar-refractivity contribution in [3.63, 3.8) is 0 Å². The van der Waals surface area contributed by atoms with E-state index in [0.717, 1.165) is 10.9 Å². The van der Waals surface area contributed by atoms with E-state index in [1.54, 1.807) is 0 Å². The van der Waals surface area contributed by atoms with Crippen molar-refractivity contribution in [1.29, 1.82) is 0 Å². The molecule has 0 aromatic heterocycles. The largest absolute Gasteiger partial charge is 0.343 e. The molecule has 1 aliphatic carbocycles. The predicted molar refractivity (Wildman–Crippen MR) is 73.0 cm³/mol. The minimum absolute atomic E-state index is 0.270. The third-order valence-corrected chi connectivity index (χ3v) is 3.90. The molecule has 1 fully saturated rings. The highest BCUT2D eigenvalue weighted by Crippen LogP contribution is 2.26. The molecule has 2 rings (SSSR count). The van der Waals surface area contributed by atoms with Crippen molar-refractivity contribution in [3.8, 4) is 0 Å². The van der Waals surface area contributed by atoms with E-state index in [0.29, 0.717) is 12.5 Å². The van der Waals surface area contributed by atoms with Gasteiger partial charge in [-0.25, -0.2) is 0 Å². The number of amides is 1. The van der Waals surface area contributed by atoms with Crippen LogP contribution < -0.4 is 0 Å². The molecule has 92 valence electrons. The molecule has 3 heteroatoms. The van der Waals surface area contributed by atoms with Gasteiger partial charge in [0.1, 0.15) is 0 Å². The molecule has 0 bridgehead atoms. The van der Waals surface area contributed by atoms with Gasteiger partial charge in [0, 0.05) is 24.0 Å². The molecule has 0 atom stereocenters. The lowest BCUT2D eigenvalue weighted by Crippen LogP contribution is -2.28. The third kappa shape index (κ3) is 3.32. The molecule has 17 heavy (non-hydrogen) atoms. The van der Waals surface area contributed by atoms with Gasteiger partial charge >= 0.3 is 0 Å². The van der Waals surface area contributed by atoms with Crippen LogP contribution in [0, 0.1) is 6.92 Å². The van der Waals surface area contributed by atoms with Crippen LogP contribution in [0.15, 0.2) is 22.7 Å². The first-order chi connectivity index (χ1) is 8.08. The summed E-state index contributed by atoms with van der Waals surface area (Å²) in [6.07, 6.45) is 3.81. The fraction of sp³-hybridized carbons (Fsp3) is 0.500. The minimum atomic E-state index is 0.270. The van der Waals surface area contributed by atoms with Crippen LogP contribution in [0.25, 0.3) is 0 Å². The number of nitrogens with zero attached hydrogens (tertiary/aromatic N) is 1. The Morgan fingerprint density at radius 3 is 2.82 bits per heavy atom. The first-order valence-corrected chi connectivity index (χ1v) is 6.88. The molecule has 0 N–H and O–H groups in total. The van der Waals surface area contributed by atoms with Crippen LogP contribution in [-0.2, 0) is 11.2 Å². The molecule has 1 saturated carbocycles. The standard InChI is InChI=1S/C14H18BrNO/c1-10-3-5-12(15)9-11(10)4-8-14(17)16(2)13-6-7-13/h3,5,9,13H,4,6-8H2,1-2H3. The van der Waals surface area contributed by atoms with Crippen LogP contribution >= 0.6 is 15.9 Å². The van der Waals surface area contributed by atoms with Gasteiger partial charge in [0.2, 0.25) is 5.91 Å². The average molecular weight is 296 g/mol. The lowest BCUT2D eigenvalue weighted by Gasteiger charge is -2.16. The van der Waals surface area contributed by atoms with Gasteiger partial charge in [0.05, 0.1) is 0 Å². The van der Waals surface area contributed by atoms with Crippen molar-refractivity contribution in [2.75, 3.05) is 7.05 Å². The number of carbonyl (C=O) groups is 1. The molecule has 1 aromatic rings. The zero-order valence-corrected chi connectivity index (χ0v) is 12.0. The van der Waals surface area contributed by atoms with Gasteiger partial charge in [-0.15, -0.1) is 0 Å². The van der Waals surface area contributed by atoms with Gasteiger partial charge < -0.3 is 4.90 Å². The van der Waals surface area contributed by atoms with Crippen molar-refractivity contribution in [3.05, 3.63) is 33.8 Å². The van der Waals surface area contributed by atoms with Gasteiger partial charge in [0.15, 0.2) is 0 Å². The normalized spacial score (nSPS) is 14.8. The van der Waals surface area contributed by atoms with E-state index in [2.05, 4.69) is 35.0 Å². The highest BCUT2D eigenvalue weighted by molar-refractivity contribution is 9.10. The highest BCUT2D eigenvalue weighted by atomic mass is 79.9. The summed E-state index contributed by atoms with van der Waals surface area (Å²) < 4.78 is 1.08. The summed E-state index contributed by atoms with van der Waals surface area (Å²) in [6, 6.07) is 6.76. The first kappa shape index (κ1) is 12.6. The van der Waals surface area contributed by atoms with Crippen LogP contribution in [0.5, 0.6) is 0 Å². The Balaban J connectivity index is 1.92. The van der Waals surface area contributed by atoms with E-state index >= 15 is 0 Å². The van der Waals surface area contributed by atoms with Crippen molar-refractivity contribution in [2.24, 2.45) is 0 Å². The molecule has 1 aliphatic rings. The Kier molecular flexibility index (Phi) is 3.87. The summed E-state index contributed by atoms with van der Waals surface area (Å²) in [5.74, 6) is 0.270. The molecule has 2 nitrogen and oxygen atoms in total. The summed E-state index contributed by atoms with van der Waals surface area (Å²) in [5.41, 5.74) is 2.52. The molecule has 0 spiro atoms. The topological polar surface area (TPSA) is 20.3 Å². The first-order valence-electron chi connectivity index (χ1n) is 6.08. The number of aryl methyl sites for hydroxylation is 2. The molecule has 0 radical (unpaired) electrons. The number of benzene rings is 1. The fourth-order valence-electron chi connectivity index (χ4n) is 1.99. The Morgan fingerprint density at radius 2 is 2.18 bits per heavy atom. The van der Waals surface area contributed by atoms with Crippen molar-refractivity contribution >= 4 is 21.8 Å². The Morgan fingerprint density at radius 1 is 1.47 bits per heavy atom. The number of hydrogen-bond donors (Lipinski definition) is 0. The van der Waals surface area contributed by atoms with Gasteiger partial charge in [-0.3, -0.25) is 4.79 Å². The SMILES string of the molecule is Cc1ccc(Br)cc1CCC(=O)N(C)C1CC1. The average Bonchev–Trinajstić information content (AvgIpc) is 3.13.